The van der Waals surface area contributed by atoms with Crippen molar-refractivity contribution in [1.82, 2.24) is 9.38 Å². The van der Waals surface area contributed by atoms with Gasteiger partial charge >= 0.3 is 5.97 Å². The summed E-state index contributed by atoms with van der Waals surface area (Å²) in [5, 5.41) is 0. The van der Waals surface area contributed by atoms with Gasteiger partial charge in [-0.2, -0.15) is 0 Å². The highest BCUT2D eigenvalue weighted by Gasteiger charge is 2.21. The van der Waals surface area contributed by atoms with E-state index in [1.165, 1.54) is 16.9 Å². The smallest absolute Gasteiger partial charge is 0.348 e. The highest BCUT2D eigenvalue weighted by atomic mass is 32.1. The second-order valence-corrected chi connectivity index (χ2v) is 7.77. The Balaban J connectivity index is 1.47. The summed E-state index contributed by atoms with van der Waals surface area (Å²) < 4.78 is 7.45. The average molecular weight is 340 g/mol. The van der Waals surface area contributed by atoms with Crippen molar-refractivity contribution < 1.29 is 9.53 Å². The molecule has 1 aliphatic carbocycles. The second-order valence-electron chi connectivity index (χ2n) is 6.64. The Morgan fingerprint density at radius 1 is 1.50 bits per heavy atom. The molecule has 0 bridgehead atoms. The molecule has 0 amide bonds. The number of rotatable bonds is 3. The fourth-order valence-electron chi connectivity index (χ4n) is 3.29. The number of hydrogen-bond donors (Lipinski definition) is 0. The fourth-order valence-corrected chi connectivity index (χ4v) is 4.39. The van der Waals surface area contributed by atoms with Crippen LogP contribution in [0.25, 0.3) is 5.65 Å². The SMILES string of the molecule is Cc1cccn2cc(COC(=O)c3cc4c(s3)CCC(C)C4)nc12. The Bertz CT molecular complexity index is 909. The number of aromatic nitrogens is 2. The Labute approximate surface area is 145 Å². The molecule has 1 unspecified atom stereocenters. The summed E-state index contributed by atoms with van der Waals surface area (Å²) >= 11 is 1.59. The maximum absolute atomic E-state index is 12.4. The zero-order valence-corrected chi connectivity index (χ0v) is 14.7. The number of nitrogens with zero attached hydrogens (tertiary/aromatic N) is 2. The topological polar surface area (TPSA) is 43.6 Å². The summed E-state index contributed by atoms with van der Waals surface area (Å²) in [6.45, 7) is 4.50. The van der Waals surface area contributed by atoms with Gasteiger partial charge in [0.15, 0.2) is 0 Å². The van der Waals surface area contributed by atoms with Crippen molar-refractivity contribution in [3.8, 4) is 0 Å². The van der Waals surface area contributed by atoms with Crippen LogP contribution in [0, 0.1) is 12.8 Å². The molecule has 24 heavy (non-hydrogen) atoms. The van der Waals surface area contributed by atoms with Crippen molar-refractivity contribution in [2.24, 2.45) is 5.92 Å². The predicted octanol–water partition coefficient (Wildman–Crippen LogP) is 4.19. The summed E-state index contributed by atoms with van der Waals surface area (Å²) in [5.74, 6) is 0.466. The van der Waals surface area contributed by atoms with Crippen LogP contribution in [0.5, 0.6) is 0 Å². The molecule has 3 aromatic heterocycles. The fraction of sp³-hybridized carbons (Fsp3) is 0.368. The number of carbonyl (C=O) groups is 1. The van der Waals surface area contributed by atoms with E-state index in [2.05, 4.69) is 11.9 Å². The van der Waals surface area contributed by atoms with Gasteiger partial charge in [-0.05, 0) is 55.4 Å². The van der Waals surface area contributed by atoms with Crippen LogP contribution in [-0.4, -0.2) is 15.4 Å². The van der Waals surface area contributed by atoms with Gasteiger partial charge in [0.1, 0.15) is 17.1 Å². The molecule has 0 radical (unpaired) electrons. The number of hydrogen-bond acceptors (Lipinski definition) is 4. The lowest BCUT2D eigenvalue weighted by Crippen LogP contribution is -2.08. The standard InChI is InChI=1S/C19H20N2O2S/c1-12-5-6-16-14(8-12)9-17(24-16)19(22)23-11-15-10-21-7-3-4-13(2)18(21)20-15/h3-4,7,9-10,12H,5-6,8,11H2,1-2H3. The minimum Gasteiger partial charge on any atom is -0.455 e. The molecule has 5 heteroatoms. The van der Waals surface area contributed by atoms with E-state index >= 15 is 0 Å². The first-order chi connectivity index (χ1) is 11.6. The molecule has 0 aliphatic heterocycles. The minimum atomic E-state index is -0.240. The molecule has 4 rings (SSSR count). The van der Waals surface area contributed by atoms with Crippen LogP contribution >= 0.6 is 11.3 Å². The van der Waals surface area contributed by atoms with Crippen LogP contribution in [0.4, 0.5) is 0 Å². The Kier molecular flexibility index (Phi) is 3.88. The van der Waals surface area contributed by atoms with Crippen LogP contribution in [0.1, 0.15) is 44.7 Å². The third-order valence-electron chi connectivity index (χ3n) is 4.61. The van der Waals surface area contributed by atoms with Crippen molar-refractivity contribution >= 4 is 23.0 Å². The van der Waals surface area contributed by atoms with Gasteiger partial charge in [-0.1, -0.05) is 13.0 Å². The number of fused-ring (bicyclic) bond motifs is 2. The first-order valence-electron chi connectivity index (χ1n) is 8.32. The van der Waals surface area contributed by atoms with Gasteiger partial charge in [0.05, 0.1) is 5.69 Å². The normalized spacial score (nSPS) is 17.0. The second kappa shape index (κ2) is 6.06. The van der Waals surface area contributed by atoms with Crippen molar-refractivity contribution in [1.29, 1.82) is 0 Å². The molecule has 0 saturated carbocycles. The van der Waals surface area contributed by atoms with Gasteiger partial charge in [-0.15, -0.1) is 11.3 Å². The van der Waals surface area contributed by atoms with E-state index in [9.17, 15) is 4.79 Å². The molecule has 0 fully saturated rings. The third-order valence-corrected chi connectivity index (χ3v) is 5.83. The maximum atomic E-state index is 12.4. The largest absolute Gasteiger partial charge is 0.455 e. The van der Waals surface area contributed by atoms with Gasteiger partial charge in [0.25, 0.3) is 0 Å². The van der Waals surface area contributed by atoms with Crippen molar-refractivity contribution in [2.45, 2.75) is 39.7 Å². The van der Waals surface area contributed by atoms with E-state index in [4.69, 9.17) is 4.74 Å². The number of esters is 1. The molecule has 0 N–H and O–H groups in total. The molecule has 0 aromatic carbocycles. The lowest BCUT2D eigenvalue weighted by molar-refractivity contribution is 0.0474. The molecule has 0 saturated heterocycles. The number of imidazole rings is 1. The van der Waals surface area contributed by atoms with Gasteiger partial charge in [0, 0.05) is 17.3 Å². The summed E-state index contributed by atoms with van der Waals surface area (Å²) in [6.07, 6.45) is 7.24. The van der Waals surface area contributed by atoms with Crippen LogP contribution < -0.4 is 0 Å². The molecular weight excluding hydrogens is 320 g/mol. The number of thiophene rings is 1. The van der Waals surface area contributed by atoms with Crippen LogP contribution in [0.15, 0.2) is 30.6 Å². The summed E-state index contributed by atoms with van der Waals surface area (Å²) in [7, 11) is 0. The van der Waals surface area contributed by atoms with E-state index in [0.717, 1.165) is 29.7 Å². The predicted molar refractivity (Wildman–Crippen MR) is 94.6 cm³/mol. The highest BCUT2D eigenvalue weighted by molar-refractivity contribution is 7.14. The quantitative estimate of drug-likeness (QED) is 0.672. The minimum absolute atomic E-state index is 0.207. The molecule has 3 aromatic rings. The zero-order valence-electron chi connectivity index (χ0n) is 13.9. The first kappa shape index (κ1) is 15.4. The van der Waals surface area contributed by atoms with Crippen LogP contribution in [0.3, 0.4) is 0 Å². The Morgan fingerprint density at radius 3 is 3.21 bits per heavy atom. The molecule has 124 valence electrons. The van der Waals surface area contributed by atoms with Crippen molar-refractivity contribution in [2.75, 3.05) is 0 Å². The maximum Gasteiger partial charge on any atom is 0.348 e. The molecule has 1 atom stereocenters. The van der Waals surface area contributed by atoms with E-state index in [1.54, 1.807) is 11.3 Å². The summed E-state index contributed by atoms with van der Waals surface area (Å²) in [5.41, 5.74) is 4.11. The molecular formula is C19H20N2O2S. The average Bonchev–Trinajstić information content (AvgIpc) is 3.16. The highest BCUT2D eigenvalue weighted by Crippen LogP contribution is 2.32. The molecule has 3 heterocycles. The van der Waals surface area contributed by atoms with E-state index < -0.39 is 0 Å². The van der Waals surface area contributed by atoms with Gasteiger partial charge in [-0.25, -0.2) is 9.78 Å². The Hall–Kier alpha value is -2.14. The van der Waals surface area contributed by atoms with Gasteiger partial charge < -0.3 is 9.14 Å². The van der Waals surface area contributed by atoms with Gasteiger partial charge in [0.2, 0.25) is 0 Å². The van der Waals surface area contributed by atoms with E-state index in [0.29, 0.717) is 10.8 Å². The first-order valence-corrected chi connectivity index (χ1v) is 9.13. The van der Waals surface area contributed by atoms with Gasteiger partial charge in [-0.3, -0.25) is 0 Å². The number of carbonyl (C=O) groups excluding carboxylic acids is 1. The molecule has 0 spiro atoms. The van der Waals surface area contributed by atoms with Crippen LogP contribution in [-0.2, 0) is 24.2 Å². The van der Waals surface area contributed by atoms with Crippen LogP contribution in [0.2, 0.25) is 0 Å². The number of ether oxygens (including phenoxy) is 1. The lowest BCUT2D eigenvalue weighted by Gasteiger charge is -2.16. The van der Waals surface area contributed by atoms with E-state index in [1.807, 2.05) is 41.9 Å². The molecule has 1 aliphatic rings. The number of aryl methyl sites for hydroxylation is 2. The third kappa shape index (κ3) is 2.84. The van der Waals surface area contributed by atoms with Crippen molar-refractivity contribution in [3.63, 3.8) is 0 Å². The van der Waals surface area contributed by atoms with Crippen molar-refractivity contribution in [3.05, 3.63) is 57.2 Å². The Morgan fingerprint density at radius 2 is 2.38 bits per heavy atom. The van der Waals surface area contributed by atoms with E-state index in [-0.39, 0.29) is 12.6 Å². The number of pyridine rings is 1. The summed E-state index contributed by atoms with van der Waals surface area (Å²) in [6, 6.07) is 6.03. The summed E-state index contributed by atoms with van der Waals surface area (Å²) in [4.78, 5) is 19.0. The monoisotopic (exact) mass is 340 g/mol. The zero-order chi connectivity index (χ0) is 16.7. The molecule has 4 nitrogen and oxygen atoms in total. The lowest BCUT2D eigenvalue weighted by atomic mass is 9.90.